The van der Waals surface area contributed by atoms with Crippen molar-refractivity contribution in [3.8, 4) is 0 Å². The lowest BCUT2D eigenvalue weighted by atomic mass is 10.0. The largest absolute Gasteiger partial charge is 0.310 e. The molecule has 4 heteroatoms. The second-order valence-electron chi connectivity index (χ2n) is 4.21. The Morgan fingerprint density at radius 3 is 2.74 bits per heavy atom. The standard InChI is InChI=1S/C15H19N3S/c1-3-13(17-4-2)12-7-5-6-8-14(12)19-15-9-10-16-11-18-15/h5-11,13,17H,3-4H2,1-2H3. The second kappa shape index (κ2) is 7.26. The van der Waals surface area contributed by atoms with E-state index in [4.69, 9.17) is 0 Å². The van der Waals surface area contributed by atoms with E-state index in [-0.39, 0.29) is 0 Å². The molecule has 0 saturated heterocycles. The van der Waals surface area contributed by atoms with Crippen LogP contribution in [0, 0.1) is 0 Å². The molecule has 1 heterocycles. The molecule has 100 valence electrons. The van der Waals surface area contributed by atoms with E-state index >= 15 is 0 Å². The highest BCUT2D eigenvalue weighted by atomic mass is 32.2. The highest BCUT2D eigenvalue weighted by Crippen LogP contribution is 2.32. The first-order chi connectivity index (χ1) is 9.35. The van der Waals surface area contributed by atoms with Crippen molar-refractivity contribution in [2.45, 2.75) is 36.2 Å². The molecule has 3 nitrogen and oxygen atoms in total. The molecule has 1 unspecified atom stereocenters. The lowest BCUT2D eigenvalue weighted by Gasteiger charge is -2.19. The summed E-state index contributed by atoms with van der Waals surface area (Å²) in [5.41, 5.74) is 1.34. The van der Waals surface area contributed by atoms with Crippen molar-refractivity contribution in [1.29, 1.82) is 0 Å². The molecule has 0 radical (unpaired) electrons. The summed E-state index contributed by atoms with van der Waals surface area (Å²) in [7, 11) is 0. The monoisotopic (exact) mass is 273 g/mol. The summed E-state index contributed by atoms with van der Waals surface area (Å²) >= 11 is 1.69. The molecule has 2 aromatic rings. The van der Waals surface area contributed by atoms with Gasteiger partial charge in [0.2, 0.25) is 0 Å². The van der Waals surface area contributed by atoms with Gasteiger partial charge in [0.15, 0.2) is 0 Å². The van der Waals surface area contributed by atoms with Crippen LogP contribution in [0.3, 0.4) is 0 Å². The van der Waals surface area contributed by atoms with Crippen LogP contribution in [-0.2, 0) is 0 Å². The van der Waals surface area contributed by atoms with E-state index < -0.39 is 0 Å². The van der Waals surface area contributed by atoms with Crippen LogP contribution in [0.5, 0.6) is 0 Å². The van der Waals surface area contributed by atoms with E-state index in [0.717, 1.165) is 18.0 Å². The molecular formula is C15H19N3S. The van der Waals surface area contributed by atoms with Crippen molar-refractivity contribution >= 4 is 11.8 Å². The van der Waals surface area contributed by atoms with Crippen molar-refractivity contribution in [3.63, 3.8) is 0 Å². The molecule has 0 fully saturated rings. The Kier molecular flexibility index (Phi) is 5.36. The van der Waals surface area contributed by atoms with Gasteiger partial charge in [0, 0.05) is 17.1 Å². The van der Waals surface area contributed by atoms with Crippen LogP contribution in [0.15, 0.2) is 52.8 Å². The zero-order chi connectivity index (χ0) is 13.5. The minimum Gasteiger partial charge on any atom is -0.310 e. The van der Waals surface area contributed by atoms with E-state index in [1.807, 2.05) is 6.07 Å². The Hall–Kier alpha value is -1.39. The van der Waals surface area contributed by atoms with Crippen LogP contribution in [0.25, 0.3) is 0 Å². The smallest absolute Gasteiger partial charge is 0.116 e. The molecule has 0 bridgehead atoms. The number of aromatic nitrogens is 2. The maximum absolute atomic E-state index is 4.28. The first-order valence-electron chi connectivity index (χ1n) is 6.61. The number of nitrogens with one attached hydrogen (secondary N) is 1. The Morgan fingerprint density at radius 1 is 1.21 bits per heavy atom. The number of nitrogens with zero attached hydrogens (tertiary/aromatic N) is 2. The maximum Gasteiger partial charge on any atom is 0.116 e. The lowest BCUT2D eigenvalue weighted by Crippen LogP contribution is -2.20. The van der Waals surface area contributed by atoms with Crippen LogP contribution < -0.4 is 5.32 Å². The molecule has 0 aliphatic rings. The van der Waals surface area contributed by atoms with Gasteiger partial charge < -0.3 is 5.32 Å². The van der Waals surface area contributed by atoms with Gasteiger partial charge in [0.1, 0.15) is 11.4 Å². The SMILES string of the molecule is CCNC(CC)c1ccccc1Sc1ccncn1. The van der Waals surface area contributed by atoms with Crippen LogP contribution >= 0.6 is 11.8 Å². The molecule has 1 N–H and O–H groups in total. The molecule has 19 heavy (non-hydrogen) atoms. The molecule has 0 aliphatic carbocycles. The first kappa shape index (κ1) is 14.0. The third-order valence-corrected chi connectivity index (χ3v) is 3.96. The van der Waals surface area contributed by atoms with Gasteiger partial charge in [0.05, 0.1) is 0 Å². The van der Waals surface area contributed by atoms with Gasteiger partial charge >= 0.3 is 0 Å². The molecule has 2 rings (SSSR count). The summed E-state index contributed by atoms with van der Waals surface area (Å²) in [4.78, 5) is 9.49. The van der Waals surface area contributed by atoms with Crippen LogP contribution in [0.4, 0.5) is 0 Å². The Labute approximate surface area is 118 Å². The fourth-order valence-electron chi connectivity index (χ4n) is 2.03. The second-order valence-corrected chi connectivity index (χ2v) is 5.27. The topological polar surface area (TPSA) is 37.8 Å². The van der Waals surface area contributed by atoms with E-state index in [2.05, 4.69) is 53.4 Å². The minimum absolute atomic E-state index is 0.399. The number of hydrogen-bond acceptors (Lipinski definition) is 4. The molecule has 1 aromatic carbocycles. The normalized spacial score (nSPS) is 12.3. The fourth-order valence-corrected chi connectivity index (χ4v) is 2.96. The van der Waals surface area contributed by atoms with Gasteiger partial charge in [0.25, 0.3) is 0 Å². The number of hydrogen-bond donors (Lipinski definition) is 1. The summed E-state index contributed by atoms with van der Waals surface area (Å²) < 4.78 is 0. The Bertz CT molecular complexity index is 502. The average molecular weight is 273 g/mol. The summed E-state index contributed by atoms with van der Waals surface area (Å²) in [6.45, 7) is 5.33. The molecule has 0 spiro atoms. The summed E-state index contributed by atoms with van der Waals surface area (Å²) in [5.74, 6) is 0. The van der Waals surface area contributed by atoms with Gasteiger partial charge in [-0.3, -0.25) is 0 Å². The first-order valence-corrected chi connectivity index (χ1v) is 7.43. The zero-order valence-corrected chi connectivity index (χ0v) is 12.2. The Morgan fingerprint density at radius 2 is 2.05 bits per heavy atom. The number of rotatable bonds is 6. The van der Waals surface area contributed by atoms with E-state index in [0.29, 0.717) is 6.04 Å². The van der Waals surface area contributed by atoms with Crippen molar-refractivity contribution in [1.82, 2.24) is 15.3 Å². The van der Waals surface area contributed by atoms with Gasteiger partial charge in [-0.15, -0.1) is 0 Å². The molecule has 0 aliphatic heterocycles. The highest BCUT2D eigenvalue weighted by Gasteiger charge is 2.13. The van der Waals surface area contributed by atoms with E-state index in [1.165, 1.54) is 10.5 Å². The van der Waals surface area contributed by atoms with Crippen LogP contribution in [-0.4, -0.2) is 16.5 Å². The fraction of sp³-hybridized carbons (Fsp3) is 0.333. The van der Waals surface area contributed by atoms with Crippen molar-refractivity contribution < 1.29 is 0 Å². The van der Waals surface area contributed by atoms with Gasteiger partial charge in [-0.2, -0.15) is 0 Å². The highest BCUT2D eigenvalue weighted by molar-refractivity contribution is 7.99. The minimum atomic E-state index is 0.399. The molecule has 1 atom stereocenters. The zero-order valence-electron chi connectivity index (χ0n) is 11.3. The van der Waals surface area contributed by atoms with E-state index in [9.17, 15) is 0 Å². The summed E-state index contributed by atoms with van der Waals surface area (Å²) in [6.07, 6.45) is 4.45. The quantitative estimate of drug-likeness (QED) is 0.815. The average Bonchev–Trinajstić information content (AvgIpc) is 2.47. The predicted octanol–water partition coefficient (Wildman–Crippen LogP) is 3.69. The van der Waals surface area contributed by atoms with Gasteiger partial charge in [-0.1, -0.05) is 43.8 Å². The van der Waals surface area contributed by atoms with Gasteiger partial charge in [-0.25, -0.2) is 9.97 Å². The summed E-state index contributed by atoms with van der Waals surface area (Å²) in [5, 5.41) is 4.51. The third kappa shape index (κ3) is 3.78. The molecule has 0 amide bonds. The maximum atomic E-state index is 4.28. The van der Waals surface area contributed by atoms with Crippen LogP contribution in [0.2, 0.25) is 0 Å². The van der Waals surface area contributed by atoms with Crippen molar-refractivity contribution in [2.24, 2.45) is 0 Å². The molecule has 0 saturated carbocycles. The van der Waals surface area contributed by atoms with Crippen molar-refractivity contribution in [2.75, 3.05) is 6.54 Å². The van der Waals surface area contributed by atoms with Crippen LogP contribution in [0.1, 0.15) is 31.9 Å². The lowest BCUT2D eigenvalue weighted by molar-refractivity contribution is 0.530. The Balaban J connectivity index is 2.25. The van der Waals surface area contributed by atoms with Gasteiger partial charge in [-0.05, 0) is 30.7 Å². The third-order valence-electron chi connectivity index (χ3n) is 2.92. The predicted molar refractivity (Wildman–Crippen MR) is 79.3 cm³/mol. The molecular weight excluding hydrogens is 254 g/mol. The summed E-state index contributed by atoms with van der Waals surface area (Å²) in [6, 6.07) is 10.9. The number of benzene rings is 1. The molecule has 1 aromatic heterocycles. The van der Waals surface area contributed by atoms with E-state index in [1.54, 1.807) is 24.3 Å². The van der Waals surface area contributed by atoms with Crippen molar-refractivity contribution in [3.05, 3.63) is 48.4 Å².